The fraction of sp³-hybridized carbons (Fsp3) is 0.333. The van der Waals surface area contributed by atoms with Gasteiger partial charge in [-0.25, -0.2) is 9.97 Å². The number of nitrogens with one attached hydrogen (secondary N) is 1. The van der Waals surface area contributed by atoms with Crippen molar-refractivity contribution < 1.29 is 0 Å². The van der Waals surface area contributed by atoms with Crippen molar-refractivity contribution in [3.63, 3.8) is 0 Å². The number of hydrogen-bond donors (Lipinski definition) is 1. The normalized spacial score (nSPS) is 11.1. The molecule has 0 fully saturated rings. The lowest BCUT2D eigenvalue weighted by Gasteiger charge is -2.09. The molecule has 0 aromatic carbocycles. The molecule has 0 aliphatic rings. The van der Waals surface area contributed by atoms with Gasteiger partial charge < -0.3 is 0 Å². The Bertz CT molecular complexity index is 497. The Morgan fingerprint density at radius 2 is 2.12 bits per heavy atom. The van der Waals surface area contributed by atoms with Crippen LogP contribution in [-0.2, 0) is 0 Å². The van der Waals surface area contributed by atoms with E-state index in [0.29, 0.717) is 16.7 Å². The molecule has 5 nitrogen and oxygen atoms in total. The molecule has 7 heteroatoms. The summed E-state index contributed by atoms with van der Waals surface area (Å²) in [6.45, 7) is 4.08. The monoisotopic (exact) mass is 301 g/mol. The van der Waals surface area contributed by atoms with E-state index < -0.39 is 0 Å². The Labute approximate surface area is 106 Å². The molecule has 2 aromatic rings. The van der Waals surface area contributed by atoms with Gasteiger partial charge in [-0.05, 0) is 21.8 Å². The van der Waals surface area contributed by atoms with Crippen LogP contribution >= 0.6 is 27.5 Å². The molecule has 0 aliphatic carbocycles. The quantitative estimate of drug-likeness (QED) is 0.866. The average molecular weight is 303 g/mol. The van der Waals surface area contributed by atoms with Crippen molar-refractivity contribution >= 4 is 27.5 Å². The summed E-state index contributed by atoms with van der Waals surface area (Å²) in [5, 5.41) is 10.5. The molecule has 0 saturated carbocycles. The van der Waals surface area contributed by atoms with Crippen LogP contribution in [0.5, 0.6) is 0 Å². The van der Waals surface area contributed by atoms with Crippen LogP contribution in [0.4, 0.5) is 0 Å². The maximum atomic E-state index is 6.02. The molecule has 2 heterocycles. The van der Waals surface area contributed by atoms with E-state index in [1.54, 1.807) is 6.20 Å². The zero-order valence-corrected chi connectivity index (χ0v) is 11.0. The molecule has 2 aromatic heterocycles. The van der Waals surface area contributed by atoms with Crippen molar-refractivity contribution in [3.05, 3.63) is 21.5 Å². The van der Waals surface area contributed by atoms with Gasteiger partial charge in [-0.15, -0.1) is 0 Å². The van der Waals surface area contributed by atoms with Gasteiger partial charge in [0.15, 0.2) is 5.82 Å². The third kappa shape index (κ3) is 2.08. The minimum atomic E-state index is 0.250. The Morgan fingerprint density at radius 3 is 2.69 bits per heavy atom. The van der Waals surface area contributed by atoms with Gasteiger partial charge in [0, 0.05) is 0 Å². The van der Waals surface area contributed by atoms with Crippen LogP contribution in [-0.4, -0.2) is 25.4 Å². The molecule has 0 bridgehead atoms. The molecule has 16 heavy (non-hydrogen) atoms. The fourth-order valence-corrected chi connectivity index (χ4v) is 2.05. The lowest BCUT2D eigenvalue weighted by molar-refractivity contribution is 0.807. The van der Waals surface area contributed by atoms with Gasteiger partial charge >= 0.3 is 0 Å². The molecule has 0 aliphatic heterocycles. The van der Waals surface area contributed by atoms with Crippen molar-refractivity contribution in [2.75, 3.05) is 0 Å². The SMILES string of the molecule is CC(C)c1nc(-c2cn[nH]n2)nc(Cl)c1Br. The van der Waals surface area contributed by atoms with Gasteiger partial charge in [0.2, 0.25) is 0 Å². The summed E-state index contributed by atoms with van der Waals surface area (Å²) in [6, 6.07) is 0. The van der Waals surface area contributed by atoms with Crippen LogP contribution in [0.2, 0.25) is 5.15 Å². The highest BCUT2D eigenvalue weighted by molar-refractivity contribution is 9.10. The molecular formula is C9H9BrClN5. The molecule has 0 amide bonds. The minimum absolute atomic E-state index is 0.250. The van der Waals surface area contributed by atoms with E-state index in [0.717, 1.165) is 10.2 Å². The summed E-state index contributed by atoms with van der Waals surface area (Å²) in [5.74, 6) is 0.728. The van der Waals surface area contributed by atoms with Gasteiger partial charge in [0.1, 0.15) is 10.8 Å². The first kappa shape index (κ1) is 11.5. The Hall–Kier alpha value is -1.01. The van der Waals surface area contributed by atoms with E-state index in [1.807, 2.05) is 13.8 Å². The van der Waals surface area contributed by atoms with Crippen LogP contribution in [0.15, 0.2) is 10.7 Å². The zero-order chi connectivity index (χ0) is 11.7. The maximum Gasteiger partial charge on any atom is 0.183 e. The zero-order valence-electron chi connectivity index (χ0n) is 8.70. The van der Waals surface area contributed by atoms with E-state index in [9.17, 15) is 0 Å². The highest BCUT2D eigenvalue weighted by Gasteiger charge is 2.15. The largest absolute Gasteiger partial charge is 0.230 e. The number of H-pyrrole nitrogens is 1. The summed E-state index contributed by atoms with van der Waals surface area (Å²) in [6.07, 6.45) is 1.56. The number of halogens is 2. The van der Waals surface area contributed by atoms with Crippen LogP contribution in [0.25, 0.3) is 11.5 Å². The molecule has 1 N–H and O–H groups in total. The third-order valence-electron chi connectivity index (χ3n) is 2.03. The van der Waals surface area contributed by atoms with Crippen LogP contribution in [0.1, 0.15) is 25.5 Å². The Morgan fingerprint density at radius 1 is 1.38 bits per heavy atom. The second-order valence-corrected chi connectivity index (χ2v) is 4.70. The van der Waals surface area contributed by atoms with Crippen molar-refractivity contribution in [2.24, 2.45) is 0 Å². The molecular weight excluding hydrogens is 293 g/mol. The van der Waals surface area contributed by atoms with Gasteiger partial charge in [0.25, 0.3) is 0 Å². The van der Waals surface area contributed by atoms with Crippen molar-refractivity contribution in [3.8, 4) is 11.5 Å². The molecule has 84 valence electrons. The molecule has 0 saturated heterocycles. The Kier molecular flexibility index (Phi) is 3.20. The van der Waals surface area contributed by atoms with Gasteiger partial charge in [-0.3, -0.25) is 0 Å². The van der Waals surface area contributed by atoms with E-state index in [1.165, 1.54) is 0 Å². The Balaban J connectivity index is 2.57. The van der Waals surface area contributed by atoms with Gasteiger partial charge in [0.05, 0.1) is 16.4 Å². The maximum absolute atomic E-state index is 6.02. The summed E-state index contributed by atoms with van der Waals surface area (Å²) in [5.41, 5.74) is 1.44. The smallest absolute Gasteiger partial charge is 0.183 e. The average Bonchev–Trinajstić information content (AvgIpc) is 2.74. The number of nitrogens with zero attached hydrogens (tertiary/aromatic N) is 4. The number of aromatic amines is 1. The van der Waals surface area contributed by atoms with Crippen LogP contribution < -0.4 is 0 Å². The summed E-state index contributed by atoms with van der Waals surface area (Å²) >= 11 is 9.40. The second-order valence-electron chi connectivity index (χ2n) is 3.55. The highest BCUT2D eigenvalue weighted by atomic mass is 79.9. The minimum Gasteiger partial charge on any atom is -0.230 e. The summed E-state index contributed by atoms with van der Waals surface area (Å²) in [7, 11) is 0. The number of hydrogen-bond acceptors (Lipinski definition) is 4. The van der Waals surface area contributed by atoms with E-state index in [2.05, 4.69) is 41.3 Å². The highest BCUT2D eigenvalue weighted by Crippen LogP contribution is 2.30. The first-order valence-corrected chi connectivity index (χ1v) is 5.85. The van der Waals surface area contributed by atoms with Crippen LogP contribution in [0.3, 0.4) is 0 Å². The first-order valence-electron chi connectivity index (χ1n) is 4.68. The van der Waals surface area contributed by atoms with Crippen molar-refractivity contribution in [2.45, 2.75) is 19.8 Å². The predicted octanol–water partition coefficient (Wildman–Crippen LogP) is 2.80. The standard InChI is InChI=1S/C9H9BrClN5/c1-4(2)7-6(10)8(11)14-9(13-7)5-3-12-16-15-5/h3-4H,1-2H3,(H,12,15,16). The fourth-order valence-electron chi connectivity index (χ4n) is 1.24. The molecule has 0 spiro atoms. The van der Waals surface area contributed by atoms with Crippen molar-refractivity contribution in [1.82, 2.24) is 25.4 Å². The number of aromatic nitrogens is 5. The lowest BCUT2D eigenvalue weighted by atomic mass is 10.1. The molecule has 0 unspecified atom stereocenters. The summed E-state index contributed by atoms with van der Waals surface area (Å²) in [4.78, 5) is 8.55. The van der Waals surface area contributed by atoms with E-state index in [4.69, 9.17) is 11.6 Å². The number of rotatable bonds is 2. The van der Waals surface area contributed by atoms with Gasteiger partial charge in [-0.2, -0.15) is 15.4 Å². The van der Waals surface area contributed by atoms with E-state index in [-0.39, 0.29) is 5.92 Å². The summed E-state index contributed by atoms with van der Waals surface area (Å²) < 4.78 is 0.733. The second kappa shape index (κ2) is 4.47. The van der Waals surface area contributed by atoms with E-state index >= 15 is 0 Å². The third-order valence-corrected chi connectivity index (χ3v) is 3.31. The van der Waals surface area contributed by atoms with Crippen molar-refractivity contribution in [1.29, 1.82) is 0 Å². The first-order chi connectivity index (χ1) is 7.59. The molecule has 0 atom stereocenters. The topological polar surface area (TPSA) is 67.3 Å². The molecule has 0 radical (unpaired) electrons. The van der Waals surface area contributed by atoms with Crippen LogP contribution in [0, 0.1) is 0 Å². The molecule has 2 rings (SSSR count). The van der Waals surface area contributed by atoms with Gasteiger partial charge in [-0.1, -0.05) is 25.4 Å². The predicted molar refractivity (Wildman–Crippen MR) is 64.2 cm³/mol. The lowest BCUT2D eigenvalue weighted by Crippen LogP contribution is -2.00.